The number of amides is 1. The molecule has 1 aliphatic heterocycles. The molecule has 2 atom stereocenters. The summed E-state index contributed by atoms with van der Waals surface area (Å²) in [5.41, 5.74) is -0.0380. The van der Waals surface area contributed by atoms with Crippen LogP contribution in [-0.2, 0) is 4.74 Å². The standard InChI is InChI=1S/C15H30N2O2S/c1-11(8-16-13(18)19-14(2,3)4)17-12-7-15(5,6)10-20-9-12/h11-12,17H,7-10H2,1-6H3,(H,16,18). The molecule has 1 saturated heterocycles. The molecule has 0 aliphatic carbocycles. The predicted molar refractivity (Wildman–Crippen MR) is 86.3 cm³/mol. The first kappa shape index (κ1) is 17.6. The largest absolute Gasteiger partial charge is 0.444 e. The van der Waals surface area contributed by atoms with E-state index in [0.29, 0.717) is 18.0 Å². The van der Waals surface area contributed by atoms with Crippen LogP contribution in [0, 0.1) is 5.41 Å². The van der Waals surface area contributed by atoms with E-state index in [-0.39, 0.29) is 12.1 Å². The fourth-order valence-electron chi connectivity index (χ4n) is 2.38. The van der Waals surface area contributed by atoms with Gasteiger partial charge in [0.05, 0.1) is 0 Å². The maximum absolute atomic E-state index is 11.6. The van der Waals surface area contributed by atoms with Crippen LogP contribution in [0.3, 0.4) is 0 Å². The summed E-state index contributed by atoms with van der Waals surface area (Å²) in [5.74, 6) is 2.38. The van der Waals surface area contributed by atoms with Crippen molar-refractivity contribution in [1.29, 1.82) is 0 Å². The van der Waals surface area contributed by atoms with Crippen LogP contribution >= 0.6 is 11.8 Å². The van der Waals surface area contributed by atoms with Crippen LogP contribution in [0.4, 0.5) is 4.79 Å². The smallest absolute Gasteiger partial charge is 0.407 e. The van der Waals surface area contributed by atoms with Gasteiger partial charge in [0.2, 0.25) is 0 Å². The van der Waals surface area contributed by atoms with Crippen molar-refractivity contribution >= 4 is 17.9 Å². The minimum absolute atomic E-state index is 0.252. The van der Waals surface area contributed by atoms with Gasteiger partial charge in [0.15, 0.2) is 0 Å². The molecular weight excluding hydrogens is 272 g/mol. The second kappa shape index (κ2) is 7.03. The van der Waals surface area contributed by atoms with Crippen LogP contribution in [0.25, 0.3) is 0 Å². The summed E-state index contributed by atoms with van der Waals surface area (Å²) in [4.78, 5) is 11.6. The zero-order valence-electron chi connectivity index (χ0n) is 13.7. The maximum atomic E-state index is 11.6. The van der Waals surface area contributed by atoms with E-state index in [1.807, 2.05) is 32.5 Å². The lowest BCUT2D eigenvalue weighted by atomic mass is 9.87. The SMILES string of the molecule is CC(CNC(=O)OC(C)(C)C)NC1CSCC(C)(C)C1. The summed E-state index contributed by atoms with van der Waals surface area (Å²) in [6.07, 6.45) is 0.848. The van der Waals surface area contributed by atoms with E-state index in [4.69, 9.17) is 4.74 Å². The lowest BCUT2D eigenvalue weighted by Gasteiger charge is -2.36. The highest BCUT2D eigenvalue weighted by atomic mass is 32.2. The summed E-state index contributed by atoms with van der Waals surface area (Å²) >= 11 is 2.01. The highest BCUT2D eigenvalue weighted by Gasteiger charge is 2.29. The maximum Gasteiger partial charge on any atom is 0.407 e. The fraction of sp³-hybridized carbons (Fsp3) is 0.933. The number of hydrogen-bond donors (Lipinski definition) is 2. The average molecular weight is 302 g/mol. The number of thioether (sulfide) groups is 1. The van der Waals surface area contributed by atoms with E-state index in [2.05, 4.69) is 31.4 Å². The Morgan fingerprint density at radius 2 is 2.10 bits per heavy atom. The highest BCUT2D eigenvalue weighted by molar-refractivity contribution is 7.99. The van der Waals surface area contributed by atoms with E-state index in [1.165, 1.54) is 12.2 Å². The Morgan fingerprint density at radius 3 is 2.65 bits per heavy atom. The van der Waals surface area contributed by atoms with E-state index in [0.717, 1.165) is 5.75 Å². The number of ether oxygens (including phenoxy) is 1. The van der Waals surface area contributed by atoms with Crippen molar-refractivity contribution in [1.82, 2.24) is 10.6 Å². The zero-order chi connectivity index (χ0) is 15.4. The summed E-state index contributed by atoms with van der Waals surface area (Å²) in [5, 5.41) is 6.42. The normalized spacial score (nSPS) is 24.0. The first-order valence-electron chi connectivity index (χ1n) is 7.38. The fourth-order valence-corrected chi connectivity index (χ4v) is 3.67. The number of alkyl carbamates (subject to hydrolysis) is 1. The molecule has 0 spiro atoms. The Bertz CT molecular complexity index is 326. The minimum atomic E-state index is -0.440. The molecule has 0 aromatic heterocycles. The Kier molecular flexibility index (Phi) is 6.20. The van der Waals surface area contributed by atoms with Crippen molar-refractivity contribution in [2.24, 2.45) is 5.41 Å². The average Bonchev–Trinajstić information content (AvgIpc) is 2.22. The Morgan fingerprint density at radius 1 is 1.45 bits per heavy atom. The molecule has 2 unspecified atom stereocenters. The molecule has 2 N–H and O–H groups in total. The molecular formula is C15H30N2O2S. The molecule has 1 aliphatic rings. The summed E-state index contributed by atoms with van der Waals surface area (Å²) in [6.45, 7) is 12.9. The van der Waals surface area contributed by atoms with Crippen LogP contribution < -0.4 is 10.6 Å². The first-order valence-corrected chi connectivity index (χ1v) is 8.53. The molecule has 1 amide bonds. The quantitative estimate of drug-likeness (QED) is 0.838. The number of carbonyl (C=O) groups excluding carboxylic acids is 1. The molecule has 5 heteroatoms. The van der Waals surface area contributed by atoms with Gasteiger partial charge in [0.1, 0.15) is 5.60 Å². The van der Waals surface area contributed by atoms with E-state index >= 15 is 0 Å². The van der Waals surface area contributed by atoms with Gasteiger partial charge in [-0.2, -0.15) is 11.8 Å². The van der Waals surface area contributed by atoms with Crippen LogP contribution in [0.1, 0.15) is 48.0 Å². The van der Waals surface area contributed by atoms with Gasteiger partial charge >= 0.3 is 6.09 Å². The van der Waals surface area contributed by atoms with Crippen molar-refractivity contribution in [3.8, 4) is 0 Å². The number of rotatable bonds is 4. The third-order valence-corrected chi connectivity index (χ3v) is 4.71. The number of nitrogens with one attached hydrogen (secondary N) is 2. The van der Waals surface area contributed by atoms with Crippen molar-refractivity contribution < 1.29 is 9.53 Å². The molecule has 1 rings (SSSR count). The topological polar surface area (TPSA) is 50.4 Å². The second-order valence-corrected chi connectivity index (χ2v) is 8.56. The summed E-state index contributed by atoms with van der Waals surface area (Å²) in [6, 6.07) is 0.779. The molecule has 4 nitrogen and oxygen atoms in total. The number of carbonyl (C=O) groups is 1. The van der Waals surface area contributed by atoms with Crippen LogP contribution in [0.5, 0.6) is 0 Å². The van der Waals surface area contributed by atoms with Crippen molar-refractivity contribution in [3.63, 3.8) is 0 Å². The van der Waals surface area contributed by atoms with E-state index in [9.17, 15) is 4.79 Å². The molecule has 0 aromatic carbocycles. The minimum Gasteiger partial charge on any atom is -0.444 e. The molecule has 20 heavy (non-hydrogen) atoms. The Hall–Kier alpha value is -0.420. The van der Waals surface area contributed by atoms with E-state index < -0.39 is 5.60 Å². The molecule has 118 valence electrons. The molecule has 0 radical (unpaired) electrons. The van der Waals surface area contributed by atoms with Crippen LogP contribution in [-0.4, -0.2) is 41.8 Å². The van der Waals surface area contributed by atoms with Crippen LogP contribution in [0.2, 0.25) is 0 Å². The van der Waals surface area contributed by atoms with Gasteiger partial charge in [-0.3, -0.25) is 0 Å². The third kappa shape index (κ3) is 7.39. The van der Waals surface area contributed by atoms with Gasteiger partial charge < -0.3 is 15.4 Å². The van der Waals surface area contributed by atoms with Crippen molar-refractivity contribution in [3.05, 3.63) is 0 Å². The van der Waals surface area contributed by atoms with Gasteiger partial charge in [0.25, 0.3) is 0 Å². The van der Waals surface area contributed by atoms with Crippen LogP contribution in [0.15, 0.2) is 0 Å². The van der Waals surface area contributed by atoms with E-state index in [1.54, 1.807) is 0 Å². The lowest BCUT2D eigenvalue weighted by molar-refractivity contribution is 0.0522. The molecule has 1 fully saturated rings. The van der Waals surface area contributed by atoms with Crippen molar-refractivity contribution in [2.75, 3.05) is 18.1 Å². The van der Waals surface area contributed by atoms with Gasteiger partial charge in [-0.1, -0.05) is 13.8 Å². The zero-order valence-corrected chi connectivity index (χ0v) is 14.5. The van der Waals surface area contributed by atoms with Gasteiger partial charge in [-0.25, -0.2) is 4.79 Å². The second-order valence-electron chi connectivity index (χ2n) is 7.53. The van der Waals surface area contributed by atoms with Crippen molar-refractivity contribution in [2.45, 2.75) is 65.6 Å². The Balaban J connectivity index is 2.26. The summed E-state index contributed by atoms with van der Waals surface area (Å²) in [7, 11) is 0. The Labute approximate surface area is 127 Å². The first-order chi connectivity index (χ1) is 9.07. The third-order valence-electron chi connectivity index (χ3n) is 3.08. The summed E-state index contributed by atoms with van der Waals surface area (Å²) < 4.78 is 5.23. The number of hydrogen-bond acceptors (Lipinski definition) is 4. The van der Waals surface area contributed by atoms with Gasteiger partial charge in [0, 0.05) is 24.4 Å². The molecule has 0 aromatic rings. The van der Waals surface area contributed by atoms with Gasteiger partial charge in [-0.05, 0) is 45.3 Å². The lowest BCUT2D eigenvalue weighted by Crippen LogP contribution is -2.48. The monoisotopic (exact) mass is 302 g/mol. The predicted octanol–water partition coefficient (Wildman–Crippen LogP) is 3.02. The van der Waals surface area contributed by atoms with Gasteiger partial charge in [-0.15, -0.1) is 0 Å². The highest BCUT2D eigenvalue weighted by Crippen LogP contribution is 2.33. The molecule has 0 saturated carbocycles. The molecule has 0 bridgehead atoms. The molecule has 1 heterocycles.